The van der Waals surface area contributed by atoms with Crippen LogP contribution in [0.1, 0.15) is 26.7 Å². The van der Waals surface area contributed by atoms with E-state index in [0.29, 0.717) is 32.8 Å². The first kappa shape index (κ1) is 16.6. The van der Waals surface area contributed by atoms with E-state index in [0.717, 1.165) is 6.42 Å². The molecule has 0 bridgehead atoms. The van der Waals surface area contributed by atoms with Crippen molar-refractivity contribution in [2.24, 2.45) is 0 Å². The molecule has 7 nitrogen and oxygen atoms in total. The third-order valence-electron chi connectivity index (χ3n) is 3.48. The van der Waals surface area contributed by atoms with Gasteiger partial charge in [-0.1, -0.05) is 11.6 Å². The summed E-state index contributed by atoms with van der Waals surface area (Å²) in [6, 6.07) is -0.0949. The minimum Gasteiger partial charge on any atom is -0.379 e. The maximum atomic E-state index is 12.0. The molecule has 1 N–H and O–H groups in total. The molecule has 1 aromatic heterocycles. The molecule has 1 amide bonds. The fraction of sp³-hybridized carbons (Fsp3) is 0.667. The van der Waals surface area contributed by atoms with Crippen molar-refractivity contribution in [3.05, 3.63) is 24.3 Å². The minimum absolute atomic E-state index is 0.000306. The summed E-state index contributed by atoms with van der Waals surface area (Å²) in [4.78, 5) is 15.9. The second-order valence-electron chi connectivity index (χ2n) is 5.60. The van der Waals surface area contributed by atoms with Crippen LogP contribution in [0.25, 0.3) is 0 Å². The van der Waals surface area contributed by atoms with Crippen molar-refractivity contribution < 1.29 is 14.3 Å². The van der Waals surface area contributed by atoms with Crippen molar-refractivity contribution in [1.29, 1.82) is 0 Å². The number of hydrogen-bond donors (Lipinski definition) is 1. The topological polar surface area (TPSA) is 78.3 Å². The Balaban J connectivity index is 1.77. The summed E-state index contributed by atoms with van der Waals surface area (Å²) in [6.45, 7) is 6.33. The average Bonchev–Trinajstić information content (AvgIpc) is 3.00. The van der Waals surface area contributed by atoms with Crippen molar-refractivity contribution in [3.63, 3.8) is 0 Å². The molecule has 0 aliphatic carbocycles. The zero-order valence-corrected chi connectivity index (χ0v) is 13.2. The van der Waals surface area contributed by atoms with Crippen molar-refractivity contribution in [1.82, 2.24) is 20.1 Å². The van der Waals surface area contributed by atoms with Crippen LogP contribution >= 0.6 is 0 Å². The first-order chi connectivity index (χ1) is 10.6. The van der Waals surface area contributed by atoms with Crippen LogP contribution in [0.3, 0.4) is 0 Å². The number of nitrogens with one attached hydrogen (secondary N) is 1. The number of carbonyl (C=O) groups excluding carboxylic acids is 1. The number of allylic oxidation sites excluding steroid dienone is 1. The molecule has 2 heterocycles. The van der Waals surface area contributed by atoms with Gasteiger partial charge < -0.3 is 14.8 Å². The van der Waals surface area contributed by atoms with Gasteiger partial charge in [0, 0.05) is 13.0 Å². The van der Waals surface area contributed by atoms with Crippen LogP contribution in [0, 0.1) is 0 Å². The Morgan fingerprint density at radius 2 is 2.41 bits per heavy atom. The van der Waals surface area contributed by atoms with E-state index in [1.165, 1.54) is 11.9 Å². The molecule has 2 atom stereocenters. The SMILES string of the molecule is CC(C)=CCO[C@@H]1CCOC[C@@H]1NC(=O)CCn1cncn1. The Kier molecular flexibility index (Phi) is 6.54. The number of aryl methyl sites for hydroxylation is 1. The van der Waals surface area contributed by atoms with Gasteiger partial charge >= 0.3 is 0 Å². The third-order valence-corrected chi connectivity index (χ3v) is 3.48. The molecule has 0 saturated carbocycles. The molecular formula is C15H24N4O3. The van der Waals surface area contributed by atoms with Crippen molar-refractivity contribution >= 4 is 5.91 Å². The van der Waals surface area contributed by atoms with Gasteiger partial charge in [0.05, 0.1) is 31.9 Å². The molecule has 7 heteroatoms. The molecule has 0 aromatic carbocycles. The second-order valence-corrected chi connectivity index (χ2v) is 5.60. The summed E-state index contributed by atoms with van der Waals surface area (Å²) in [7, 11) is 0. The molecule has 1 aliphatic heterocycles. The van der Waals surface area contributed by atoms with Crippen molar-refractivity contribution in [2.75, 3.05) is 19.8 Å². The standard InChI is InChI=1S/C15H24N4O3/c1-12(2)4-8-22-14-5-7-21-9-13(14)18-15(20)3-6-19-11-16-10-17-19/h4,10-11,13-14H,3,5-9H2,1-2H3,(H,18,20)/t13-,14+/m0/s1. The summed E-state index contributed by atoms with van der Waals surface area (Å²) in [5.74, 6) is -0.0261. The number of carbonyl (C=O) groups is 1. The predicted octanol–water partition coefficient (Wildman–Crippen LogP) is 0.925. The molecule has 0 radical (unpaired) electrons. The van der Waals surface area contributed by atoms with Gasteiger partial charge in [-0.3, -0.25) is 9.48 Å². The van der Waals surface area contributed by atoms with Crippen LogP contribution in [-0.2, 0) is 20.8 Å². The van der Waals surface area contributed by atoms with Crippen LogP contribution in [0.5, 0.6) is 0 Å². The molecule has 122 valence electrons. The van der Waals surface area contributed by atoms with E-state index in [2.05, 4.69) is 15.4 Å². The minimum atomic E-state index is -0.0949. The van der Waals surface area contributed by atoms with Gasteiger partial charge in [0.25, 0.3) is 0 Å². The third kappa shape index (κ3) is 5.57. The zero-order valence-electron chi connectivity index (χ0n) is 13.2. The van der Waals surface area contributed by atoms with Crippen molar-refractivity contribution in [3.8, 4) is 0 Å². The van der Waals surface area contributed by atoms with Crippen molar-refractivity contribution in [2.45, 2.75) is 45.4 Å². The summed E-state index contributed by atoms with van der Waals surface area (Å²) in [5.41, 5.74) is 1.22. The lowest BCUT2D eigenvalue weighted by atomic mass is 10.1. The van der Waals surface area contributed by atoms with E-state index >= 15 is 0 Å². The Labute approximate surface area is 130 Å². The van der Waals surface area contributed by atoms with Gasteiger partial charge in [-0.25, -0.2) is 4.98 Å². The normalized spacial score (nSPS) is 21.4. The van der Waals surface area contributed by atoms with E-state index < -0.39 is 0 Å². The molecule has 1 fully saturated rings. The molecule has 2 rings (SSSR count). The van der Waals surface area contributed by atoms with Crippen LogP contribution in [-0.4, -0.2) is 52.6 Å². The first-order valence-corrected chi connectivity index (χ1v) is 7.59. The van der Waals surface area contributed by atoms with Crippen LogP contribution in [0.4, 0.5) is 0 Å². The zero-order chi connectivity index (χ0) is 15.8. The average molecular weight is 308 g/mol. The molecule has 1 saturated heterocycles. The highest BCUT2D eigenvalue weighted by molar-refractivity contribution is 5.76. The molecule has 0 unspecified atom stereocenters. The summed E-state index contributed by atoms with van der Waals surface area (Å²) in [6.07, 6.45) is 6.26. The van der Waals surface area contributed by atoms with E-state index in [1.54, 1.807) is 11.0 Å². The van der Waals surface area contributed by atoms with E-state index in [9.17, 15) is 4.79 Å². The number of amides is 1. The van der Waals surface area contributed by atoms with Gasteiger partial charge in [0.15, 0.2) is 0 Å². The van der Waals surface area contributed by atoms with Gasteiger partial charge in [0.2, 0.25) is 5.91 Å². The summed E-state index contributed by atoms with van der Waals surface area (Å²) < 4.78 is 13.0. The van der Waals surface area contributed by atoms with E-state index in [1.807, 2.05) is 19.9 Å². The fourth-order valence-electron chi connectivity index (χ4n) is 2.23. The summed E-state index contributed by atoms with van der Waals surface area (Å²) >= 11 is 0. The maximum Gasteiger partial charge on any atom is 0.222 e. The van der Waals surface area contributed by atoms with E-state index in [-0.39, 0.29) is 18.1 Å². The molecule has 1 aromatic rings. The molecule has 0 spiro atoms. The van der Waals surface area contributed by atoms with Gasteiger partial charge in [-0.05, 0) is 20.3 Å². The Hall–Kier alpha value is -1.73. The smallest absolute Gasteiger partial charge is 0.222 e. The highest BCUT2D eigenvalue weighted by Crippen LogP contribution is 2.12. The van der Waals surface area contributed by atoms with Crippen LogP contribution in [0.2, 0.25) is 0 Å². The lowest BCUT2D eigenvalue weighted by Gasteiger charge is -2.31. The summed E-state index contributed by atoms with van der Waals surface area (Å²) in [5, 5.41) is 6.98. The Morgan fingerprint density at radius 1 is 1.55 bits per heavy atom. The van der Waals surface area contributed by atoms with Crippen LogP contribution in [0.15, 0.2) is 24.3 Å². The monoisotopic (exact) mass is 308 g/mol. The largest absolute Gasteiger partial charge is 0.379 e. The second kappa shape index (κ2) is 8.65. The number of hydrogen-bond acceptors (Lipinski definition) is 5. The Morgan fingerprint density at radius 3 is 3.14 bits per heavy atom. The number of aromatic nitrogens is 3. The van der Waals surface area contributed by atoms with E-state index in [4.69, 9.17) is 9.47 Å². The Bertz CT molecular complexity index is 483. The molecule has 1 aliphatic rings. The van der Waals surface area contributed by atoms with Crippen LogP contribution < -0.4 is 5.32 Å². The van der Waals surface area contributed by atoms with Gasteiger partial charge in [-0.15, -0.1) is 0 Å². The van der Waals surface area contributed by atoms with Gasteiger partial charge in [-0.2, -0.15) is 5.10 Å². The fourth-order valence-corrected chi connectivity index (χ4v) is 2.23. The predicted molar refractivity (Wildman–Crippen MR) is 81.2 cm³/mol. The highest BCUT2D eigenvalue weighted by atomic mass is 16.5. The molecular weight excluding hydrogens is 284 g/mol. The lowest BCUT2D eigenvalue weighted by Crippen LogP contribution is -2.50. The maximum absolute atomic E-state index is 12.0. The first-order valence-electron chi connectivity index (χ1n) is 7.59. The lowest BCUT2D eigenvalue weighted by molar-refractivity contribution is -0.126. The van der Waals surface area contributed by atoms with Gasteiger partial charge in [0.1, 0.15) is 12.7 Å². The highest BCUT2D eigenvalue weighted by Gasteiger charge is 2.27. The number of nitrogens with zero attached hydrogens (tertiary/aromatic N) is 3. The number of ether oxygens (including phenoxy) is 2. The number of rotatable bonds is 7. The quantitative estimate of drug-likeness (QED) is 0.758. The molecule has 22 heavy (non-hydrogen) atoms.